The summed E-state index contributed by atoms with van der Waals surface area (Å²) in [5.74, 6) is 0. The van der Waals surface area contributed by atoms with E-state index in [0.29, 0.717) is 6.54 Å². The van der Waals surface area contributed by atoms with Gasteiger partial charge in [0.1, 0.15) is 18.3 Å². The van der Waals surface area contributed by atoms with Crippen molar-refractivity contribution >= 4 is 17.6 Å². The first kappa shape index (κ1) is 12.8. The molecule has 0 aliphatic carbocycles. The number of aliphatic hydroxyl groups is 3. The molecule has 0 aromatic rings. The van der Waals surface area contributed by atoms with Crippen LogP contribution in [0.2, 0.25) is 0 Å². The van der Waals surface area contributed by atoms with E-state index in [0.717, 1.165) is 0 Å². The van der Waals surface area contributed by atoms with Gasteiger partial charge in [0.05, 0.1) is 12.0 Å². The summed E-state index contributed by atoms with van der Waals surface area (Å²) in [5.41, 5.74) is 0. The van der Waals surface area contributed by atoms with Crippen LogP contribution in [-0.2, 0) is 4.74 Å². The molecule has 0 saturated carbocycles. The van der Waals surface area contributed by atoms with Crippen molar-refractivity contribution in [2.75, 3.05) is 19.7 Å². The SMILES string of the molecule is O=C1NCC(Cl)CN1[C@@H]1O[C@H](CO)[C@@H](O)[C@@H]1O. The van der Waals surface area contributed by atoms with Crippen LogP contribution in [-0.4, -0.2) is 75.9 Å². The molecule has 2 rings (SSSR count). The minimum atomic E-state index is -1.25. The normalized spacial score (nSPS) is 42.7. The van der Waals surface area contributed by atoms with Gasteiger partial charge in [0.2, 0.25) is 0 Å². The first-order valence-electron chi connectivity index (χ1n) is 5.35. The molecule has 17 heavy (non-hydrogen) atoms. The molecule has 2 aliphatic rings. The Labute approximate surface area is 103 Å². The summed E-state index contributed by atoms with van der Waals surface area (Å²) in [7, 11) is 0. The highest BCUT2D eigenvalue weighted by atomic mass is 35.5. The highest BCUT2D eigenvalue weighted by Gasteiger charge is 2.47. The van der Waals surface area contributed by atoms with E-state index >= 15 is 0 Å². The average molecular weight is 267 g/mol. The number of ether oxygens (including phenoxy) is 1. The van der Waals surface area contributed by atoms with Gasteiger partial charge in [-0.2, -0.15) is 0 Å². The van der Waals surface area contributed by atoms with Crippen LogP contribution in [0.4, 0.5) is 4.79 Å². The van der Waals surface area contributed by atoms with Gasteiger partial charge in [0, 0.05) is 13.1 Å². The van der Waals surface area contributed by atoms with E-state index < -0.39 is 37.2 Å². The second-order valence-electron chi connectivity index (χ2n) is 4.16. The fourth-order valence-electron chi connectivity index (χ4n) is 2.02. The maximum absolute atomic E-state index is 11.6. The lowest BCUT2D eigenvalue weighted by molar-refractivity contribution is -0.0815. The van der Waals surface area contributed by atoms with Crippen molar-refractivity contribution in [3.63, 3.8) is 0 Å². The number of amides is 2. The summed E-state index contributed by atoms with van der Waals surface area (Å²) in [6.45, 7) is 0.153. The Morgan fingerprint density at radius 3 is 2.76 bits per heavy atom. The smallest absolute Gasteiger partial charge is 0.319 e. The van der Waals surface area contributed by atoms with Crippen LogP contribution in [0, 0.1) is 0 Å². The van der Waals surface area contributed by atoms with Gasteiger partial charge in [-0.25, -0.2) is 4.79 Å². The molecule has 2 aliphatic heterocycles. The molecular formula is C9H15ClN2O5. The lowest BCUT2D eigenvalue weighted by Gasteiger charge is -2.35. The molecule has 8 heteroatoms. The lowest BCUT2D eigenvalue weighted by Crippen LogP contribution is -2.58. The van der Waals surface area contributed by atoms with E-state index in [9.17, 15) is 15.0 Å². The predicted molar refractivity (Wildman–Crippen MR) is 57.5 cm³/mol. The third-order valence-electron chi connectivity index (χ3n) is 2.95. The number of hydrogen-bond acceptors (Lipinski definition) is 5. The molecule has 0 aromatic carbocycles. The fourth-order valence-corrected chi connectivity index (χ4v) is 2.24. The van der Waals surface area contributed by atoms with Crippen LogP contribution < -0.4 is 5.32 Å². The number of carbonyl (C=O) groups is 1. The molecule has 1 unspecified atom stereocenters. The Bertz CT molecular complexity index is 305. The number of urea groups is 1. The molecule has 5 atom stereocenters. The van der Waals surface area contributed by atoms with Crippen molar-refractivity contribution in [1.82, 2.24) is 10.2 Å². The lowest BCUT2D eigenvalue weighted by atomic mass is 10.1. The third kappa shape index (κ3) is 2.34. The van der Waals surface area contributed by atoms with Crippen LogP contribution >= 0.6 is 11.6 Å². The van der Waals surface area contributed by atoms with Crippen LogP contribution in [0.15, 0.2) is 0 Å². The number of aliphatic hydroxyl groups excluding tert-OH is 3. The van der Waals surface area contributed by atoms with Crippen molar-refractivity contribution in [2.45, 2.75) is 29.9 Å². The number of nitrogens with one attached hydrogen (secondary N) is 1. The molecule has 4 N–H and O–H groups in total. The van der Waals surface area contributed by atoms with E-state index in [1.165, 1.54) is 4.90 Å². The minimum absolute atomic E-state index is 0.222. The maximum atomic E-state index is 11.6. The zero-order valence-corrected chi connectivity index (χ0v) is 9.75. The van der Waals surface area contributed by atoms with E-state index in [1.54, 1.807) is 0 Å². The number of carbonyl (C=O) groups excluding carboxylic acids is 1. The Morgan fingerprint density at radius 2 is 2.18 bits per heavy atom. The molecule has 98 valence electrons. The van der Waals surface area contributed by atoms with Gasteiger partial charge in [-0.3, -0.25) is 4.90 Å². The number of nitrogens with zero attached hydrogens (tertiary/aromatic N) is 1. The standard InChI is InChI=1S/C9H15ClN2O5/c10-4-1-11-9(16)12(2-4)8-7(15)6(14)5(3-13)17-8/h4-8,13-15H,1-3H2,(H,11,16)/t4?,5-,6-,7+,8-/m1/s1. The second kappa shape index (κ2) is 4.95. The van der Waals surface area contributed by atoms with Gasteiger partial charge in [-0.1, -0.05) is 0 Å². The number of rotatable bonds is 2. The maximum Gasteiger partial charge on any atom is 0.319 e. The Morgan fingerprint density at radius 1 is 1.47 bits per heavy atom. The number of halogens is 1. The monoisotopic (exact) mass is 266 g/mol. The van der Waals surface area contributed by atoms with Crippen LogP contribution in [0.25, 0.3) is 0 Å². The quantitative estimate of drug-likeness (QED) is 0.436. The fraction of sp³-hybridized carbons (Fsp3) is 0.889. The molecule has 2 fully saturated rings. The summed E-state index contributed by atoms with van der Waals surface area (Å²) in [4.78, 5) is 12.8. The van der Waals surface area contributed by atoms with Crippen molar-refractivity contribution in [3.05, 3.63) is 0 Å². The first-order chi connectivity index (χ1) is 8.04. The van der Waals surface area contributed by atoms with E-state index in [2.05, 4.69) is 5.32 Å². The van der Waals surface area contributed by atoms with Crippen LogP contribution in [0.3, 0.4) is 0 Å². The molecule has 2 amide bonds. The zero-order valence-electron chi connectivity index (χ0n) is 8.99. The molecular weight excluding hydrogens is 252 g/mol. The summed E-state index contributed by atoms with van der Waals surface area (Å²) in [5, 5.41) is 30.6. The van der Waals surface area contributed by atoms with Crippen molar-refractivity contribution in [2.24, 2.45) is 0 Å². The van der Waals surface area contributed by atoms with E-state index in [-0.39, 0.29) is 11.9 Å². The predicted octanol–water partition coefficient (Wildman–Crippen LogP) is -1.94. The summed E-state index contributed by atoms with van der Waals surface area (Å²) in [6, 6.07) is -0.406. The van der Waals surface area contributed by atoms with Crippen molar-refractivity contribution in [1.29, 1.82) is 0 Å². The summed E-state index contributed by atoms with van der Waals surface area (Å²) < 4.78 is 5.25. The van der Waals surface area contributed by atoms with Gasteiger partial charge >= 0.3 is 6.03 Å². The van der Waals surface area contributed by atoms with Gasteiger partial charge in [-0.15, -0.1) is 11.6 Å². The van der Waals surface area contributed by atoms with Gasteiger partial charge in [-0.05, 0) is 0 Å². The first-order valence-corrected chi connectivity index (χ1v) is 5.79. The second-order valence-corrected chi connectivity index (χ2v) is 4.78. The molecule has 7 nitrogen and oxygen atoms in total. The molecule has 2 saturated heterocycles. The molecule has 0 spiro atoms. The highest BCUT2D eigenvalue weighted by Crippen LogP contribution is 2.25. The molecule has 2 heterocycles. The van der Waals surface area contributed by atoms with Crippen LogP contribution in [0.5, 0.6) is 0 Å². The zero-order chi connectivity index (χ0) is 12.6. The number of alkyl halides is 1. The summed E-state index contributed by atoms with van der Waals surface area (Å²) >= 11 is 5.90. The average Bonchev–Trinajstić information content (AvgIpc) is 2.59. The number of hydrogen-bond donors (Lipinski definition) is 4. The van der Waals surface area contributed by atoms with Crippen molar-refractivity contribution in [3.8, 4) is 0 Å². The Hall–Kier alpha value is -0.600. The minimum Gasteiger partial charge on any atom is -0.394 e. The Kier molecular flexibility index (Phi) is 3.74. The van der Waals surface area contributed by atoms with Gasteiger partial charge < -0.3 is 25.4 Å². The Balaban J connectivity index is 2.09. The van der Waals surface area contributed by atoms with Gasteiger partial charge in [0.25, 0.3) is 0 Å². The summed E-state index contributed by atoms with van der Waals surface area (Å²) in [6.07, 6.45) is -4.34. The van der Waals surface area contributed by atoms with Gasteiger partial charge in [0.15, 0.2) is 6.23 Å². The third-order valence-corrected chi connectivity index (χ3v) is 3.25. The molecule has 0 bridgehead atoms. The van der Waals surface area contributed by atoms with Crippen LogP contribution in [0.1, 0.15) is 0 Å². The largest absolute Gasteiger partial charge is 0.394 e. The van der Waals surface area contributed by atoms with Crippen molar-refractivity contribution < 1.29 is 24.9 Å². The topological polar surface area (TPSA) is 102 Å². The molecule has 0 aromatic heterocycles. The highest BCUT2D eigenvalue weighted by molar-refractivity contribution is 6.21. The molecule has 0 radical (unpaired) electrons. The van der Waals surface area contributed by atoms with E-state index in [4.69, 9.17) is 21.4 Å². The van der Waals surface area contributed by atoms with E-state index in [1.807, 2.05) is 0 Å².